The fraction of sp³-hybridized carbons (Fsp3) is 0.667. The zero-order chi connectivity index (χ0) is 20.3. The van der Waals surface area contributed by atoms with Crippen molar-refractivity contribution in [3.63, 3.8) is 0 Å². The van der Waals surface area contributed by atoms with E-state index in [0.717, 1.165) is 50.8 Å². The normalized spacial score (nSPS) is 18.9. The lowest BCUT2D eigenvalue weighted by atomic mass is 9.89. The number of hydrogen-bond acceptors (Lipinski definition) is 4. The maximum absolute atomic E-state index is 12.0. The first-order chi connectivity index (χ1) is 13.2. The van der Waals surface area contributed by atoms with Crippen LogP contribution in [0.15, 0.2) is 18.2 Å². The van der Waals surface area contributed by atoms with Crippen LogP contribution in [-0.2, 0) is 34.1 Å². The number of benzene rings is 1. The van der Waals surface area contributed by atoms with Crippen molar-refractivity contribution < 1.29 is 17.9 Å². The molecule has 1 aromatic rings. The summed E-state index contributed by atoms with van der Waals surface area (Å²) in [5, 5.41) is 0. The van der Waals surface area contributed by atoms with Gasteiger partial charge in [0.05, 0.1) is 12.4 Å². The monoisotopic (exact) mass is 408 g/mol. The lowest BCUT2D eigenvalue weighted by molar-refractivity contribution is 0.0648. The fourth-order valence-electron chi connectivity index (χ4n) is 4.07. The number of fused-ring (bicyclic) bond motifs is 1. The van der Waals surface area contributed by atoms with Crippen LogP contribution in [0.4, 0.5) is 4.79 Å². The van der Waals surface area contributed by atoms with E-state index in [4.69, 9.17) is 4.74 Å². The maximum Gasteiger partial charge on any atom is 0.410 e. The molecule has 0 aliphatic carbocycles. The van der Waals surface area contributed by atoms with Gasteiger partial charge < -0.3 is 9.64 Å². The van der Waals surface area contributed by atoms with Crippen molar-refractivity contribution in [1.82, 2.24) is 9.21 Å². The molecule has 0 spiro atoms. The summed E-state index contributed by atoms with van der Waals surface area (Å²) < 4.78 is 30.3. The van der Waals surface area contributed by atoms with E-state index in [2.05, 4.69) is 18.2 Å². The smallest absolute Gasteiger partial charge is 0.410 e. The van der Waals surface area contributed by atoms with Gasteiger partial charge in [-0.05, 0) is 68.6 Å². The van der Waals surface area contributed by atoms with E-state index in [0.29, 0.717) is 19.0 Å². The van der Waals surface area contributed by atoms with Gasteiger partial charge in [-0.25, -0.2) is 13.2 Å². The molecule has 1 aromatic carbocycles. The molecule has 156 valence electrons. The van der Waals surface area contributed by atoms with Crippen LogP contribution in [-0.4, -0.2) is 55.7 Å². The lowest BCUT2D eigenvalue weighted by Crippen LogP contribution is -2.39. The van der Waals surface area contributed by atoms with Gasteiger partial charge in [0.25, 0.3) is 0 Å². The summed E-state index contributed by atoms with van der Waals surface area (Å²) in [4.78, 5) is 13.8. The number of sulfonamides is 1. The predicted octanol–water partition coefficient (Wildman–Crippen LogP) is 3.19. The largest absolute Gasteiger partial charge is 0.447 e. The van der Waals surface area contributed by atoms with Gasteiger partial charge in [0.2, 0.25) is 10.0 Å². The van der Waals surface area contributed by atoms with Gasteiger partial charge >= 0.3 is 6.09 Å². The van der Waals surface area contributed by atoms with Gasteiger partial charge in [-0.1, -0.05) is 18.2 Å². The van der Waals surface area contributed by atoms with E-state index in [1.54, 1.807) is 4.31 Å². The first-order valence-corrected chi connectivity index (χ1v) is 12.1. The van der Waals surface area contributed by atoms with Crippen molar-refractivity contribution in [3.8, 4) is 0 Å². The number of amides is 1. The zero-order valence-electron chi connectivity index (χ0n) is 17.2. The molecule has 0 N–H and O–H groups in total. The van der Waals surface area contributed by atoms with Crippen LogP contribution in [0.1, 0.15) is 49.8 Å². The standard InChI is InChI=1S/C21H32N2O4S/c1-16(2)27-21(24)22-11-8-17(9-12-22)4-5-18-6-7-20-15-23(28(3,25)26)13-10-19(20)14-18/h6-7,14,16-17H,4-5,8-13,15H2,1-3H3. The Labute approximate surface area is 168 Å². The Morgan fingerprint density at radius 3 is 2.54 bits per heavy atom. The van der Waals surface area contributed by atoms with Crippen LogP contribution < -0.4 is 0 Å². The third kappa shape index (κ3) is 5.47. The molecular formula is C21H32N2O4S. The molecule has 1 saturated heterocycles. The Kier molecular flexibility index (Phi) is 6.65. The molecule has 0 atom stereocenters. The number of aryl methyl sites for hydroxylation is 1. The third-order valence-electron chi connectivity index (χ3n) is 5.77. The molecule has 2 aliphatic heterocycles. The predicted molar refractivity (Wildman–Crippen MR) is 110 cm³/mol. The van der Waals surface area contributed by atoms with Gasteiger partial charge in [0, 0.05) is 26.2 Å². The van der Waals surface area contributed by atoms with Crippen LogP contribution >= 0.6 is 0 Å². The molecule has 3 rings (SSSR count). The van der Waals surface area contributed by atoms with Gasteiger partial charge in [-0.15, -0.1) is 0 Å². The molecule has 6 nitrogen and oxygen atoms in total. The van der Waals surface area contributed by atoms with E-state index in [-0.39, 0.29) is 12.2 Å². The second-order valence-electron chi connectivity index (χ2n) is 8.35. The SMILES string of the molecule is CC(C)OC(=O)N1CCC(CCc2ccc3c(c2)CCN(S(C)(=O)=O)C3)CC1. The van der Waals surface area contributed by atoms with Crippen LogP contribution in [0.5, 0.6) is 0 Å². The molecule has 0 radical (unpaired) electrons. The van der Waals surface area contributed by atoms with E-state index in [1.807, 2.05) is 18.7 Å². The minimum Gasteiger partial charge on any atom is -0.447 e. The number of ether oxygens (including phenoxy) is 1. The Hall–Kier alpha value is -1.60. The summed E-state index contributed by atoms with van der Waals surface area (Å²) in [6.07, 6.45) is 6.02. The second-order valence-corrected chi connectivity index (χ2v) is 10.3. The van der Waals surface area contributed by atoms with Crippen molar-refractivity contribution in [1.29, 1.82) is 0 Å². The molecule has 0 unspecified atom stereocenters. The molecule has 0 aromatic heterocycles. The highest BCUT2D eigenvalue weighted by Crippen LogP contribution is 2.26. The highest BCUT2D eigenvalue weighted by molar-refractivity contribution is 7.88. The van der Waals surface area contributed by atoms with Crippen LogP contribution in [0, 0.1) is 5.92 Å². The van der Waals surface area contributed by atoms with Gasteiger partial charge in [0.1, 0.15) is 0 Å². The number of carbonyl (C=O) groups is 1. The Bertz CT molecular complexity index is 799. The molecular weight excluding hydrogens is 376 g/mol. The Balaban J connectivity index is 1.48. The van der Waals surface area contributed by atoms with Crippen LogP contribution in [0.25, 0.3) is 0 Å². The van der Waals surface area contributed by atoms with Crippen LogP contribution in [0.2, 0.25) is 0 Å². The molecule has 0 saturated carbocycles. The molecule has 1 amide bonds. The highest BCUT2D eigenvalue weighted by atomic mass is 32.2. The van der Waals surface area contributed by atoms with Gasteiger partial charge in [0.15, 0.2) is 0 Å². The number of rotatable bonds is 5. The summed E-state index contributed by atoms with van der Waals surface area (Å²) in [5.74, 6) is 0.639. The number of hydrogen-bond donors (Lipinski definition) is 0. The lowest BCUT2D eigenvalue weighted by Gasteiger charge is -2.32. The molecule has 2 aliphatic rings. The minimum atomic E-state index is -3.12. The number of piperidine rings is 1. The summed E-state index contributed by atoms with van der Waals surface area (Å²) in [7, 11) is -3.12. The maximum atomic E-state index is 12.0. The Morgan fingerprint density at radius 2 is 1.89 bits per heavy atom. The van der Waals surface area contributed by atoms with Crippen molar-refractivity contribution >= 4 is 16.1 Å². The quantitative estimate of drug-likeness (QED) is 0.750. The Morgan fingerprint density at radius 1 is 1.18 bits per heavy atom. The number of likely N-dealkylation sites (tertiary alicyclic amines) is 1. The average molecular weight is 409 g/mol. The molecule has 0 bridgehead atoms. The topological polar surface area (TPSA) is 66.9 Å². The summed E-state index contributed by atoms with van der Waals surface area (Å²) in [6, 6.07) is 6.48. The van der Waals surface area contributed by atoms with Crippen molar-refractivity contribution in [2.75, 3.05) is 25.9 Å². The molecule has 1 fully saturated rings. The highest BCUT2D eigenvalue weighted by Gasteiger charge is 2.25. The first kappa shape index (κ1) is 21.1. The average Bonchev–Trinajstić information content (AvgIpc) is 2.65. The van der Waals surface area contributed by atoms with Crippen LogP contribution in [0.3, 0.4) is 0 Å². The fourth-order valence-corrected chi connectivity index (χ4v) is 4.87. The molecule has 2 heterocycles. The summed E-state index contributed by atoms with van der Waals surface area (Å²) in [5.41, 5.74) is 3.73. The van der Waals surface area contributed by atoms with E-state index >= 15 is 0 Å². The van der Waals surface area contributed by atoms with E-state index < -0.39 is 10.0 Å². The van der Waals surface area contributed by atoms with E-state index in [1.165, 1.54) is 17.4 Å². The van der Waals surface area contributed by atoms with Gasteiger partial charge in [-0.3, -0.25) is 0 Å². The minimum absolute atomic E-state index is 0.0706. The second kappa shape index (κ2) is 8.82. The number of carbonyl (C=O) groups excluding carboxylic acids is 1. The number of nitrogens with zero attached hydrogens (tertiary/aromatic N) is 2. The van der Waals surface area contributed by atoms with Crippen molar-refractivity contribution in [3.05, 3.63) is 34.9 Å². The third-order valence-corrected chi connectivity index (χ3v) is 7.02. The summed E-state index contributed by atoms with van der Waals surface area (Å²) in [6.45, 7) is 6.37. The molecule has 7 heteroatoms. The molecule has 28 heavy (non-hydrogen) atoms. The zero-order valence-corrected chi connectivity index (χ0v) is 18.0. The van der Waals surface area contributed by atoms with Gasteiger partial charge in [-0.2, -0.15) is 4.31 Å². The van der Waals surface area contributed by atoms with Crippen molar-refractivity contribution in [2.45, 2.75) is 58.6 Å². The first-order valence-electron chi connectivity index (χ1n) is 10.2. The van der Waals surface area contributed by atoms with Crippen molar-refractivity contribution in [2.24, 2.45) is 5.92 Å². The summed E-state index contributed by atoms with van der Waals surface area (Å²) >= 11 is 0. The van der Waals surface area contributed by atoms with E-state index in [9.17, 15) is 13.2 Å².